The number of rotatable bonds is 4. The van der Waals surface area contributed by atoms with Crippen molar-refractivity contribution < 1.29 is 9.59 Å². The Hall–Kier alpha value is -3.18. The number of benzene rings is 2. The smallest absolute Gasteiger partial charge is 0.281 e. The lowest BCUT2D eigenvalue weighted by Crippen LogP contribution is -2.55. The van der Waals surface area contributed by atoms with Gasteiger partial charge in [-0.3, -0.25) is 14.5 Å². The second-order valence-corrected chi connectivity index (χ2v) is 7.27. The van der Waals surface area contributed by atoms with Crippen LogP contribution >= 0.6 is 11.6 Å². The van der Waals surface area contributed by atoms with Crippen LogP contribution in [0, 0.1) is 0 Å². The molecule has 0 unspecified atom stereocenters. The lowest BCUT2D eigenvalue weighted by Gasteiger charge is -2.27. The minimum atomic E-state index is -1.42. The van der Waals surface area contributed by atoms with Gasteiger partial charge in [-0.15, -0.1) is 0 Å². The summed E-state index contributed by atoms with van der Waals surface area (Å²) in [5.74, 6) is -0.120. The Morgan fingerprint density at radius 3 is 2.57 bits per heavy atom. The van der Waals surface area contributed by atoms with Crippen LogP contribution in [-0.4, -0.2) is 28.2 Å². The fraction of sp³-hybridized carbons (Fsp3) is 0.136. The molecule has 1 atom stereocenters. The summed E-state index contributed by atoms with van der Waals surface area (Å²) in [6, 6.07) is 16.0. The lowest BCUT2D eigenvalue weighted by atomic mass is 9.98. The van der Waals surface area contributed by atoms with Crippen LogP contribution in [0.15, 0.2) is 83.5 Å². The fourth-order valence-electron chi connectivity index (χ4n) is 3.28. The number of fused-ring (bicyclic) bond motifs is 1. The molecule has 1 N–H and O–H groups in total. The quantitative estimate of drug-likeness (QED) is 0.863. The molecule has 4 rings (SSSR count). The Bertz CT molecular complexity index is 1030. The summed E-state index contributed by atoms with van der Waals surface area (Å²) < 4.78 is 0. The Morgan fingerprint density at radius 1 is 1.14 bits per heavy atom. The molecule has 2 heterocycles. The molecule has 0 spiro atoms. The zero-order chi connectivity index (χ0) is 19.7. The molecule has 140 valence electrons. The Morgan fingerprint density at radius 2 is 1.86 bits per heavy atom. The number of aliphatic imine (C=N–C) groups is 1. The maximum atomic E-state index is 13.3. The molecule has 0 saturated heterocycles. The number of amides is 2. The number of hydrogen-bond donors (Lipinski definition) is 1. The highest BCUT2D eigenvalue weighted by atomic mass is 35.5. The second-order valence-electron chi connectivity index (χ2n) is 6.83. The highest BCUT2D eigenvalue weighted by Crippen LogP contribution is 2.29. The topological polar surface area (TPSA) is 61.8 Å². The predicted molar refractivity (Wildman–Crippen MR) is 109 cm³/mol. The molecule has 2 aromatic rings. The molecule has 2 aliphatic rings. The number of hydrogen-bond acceptors (Lipinski definition) is 3. The van der Waals surface area contributed by atoms with Crippen molar-refractivity contribution in [1.82, 2.24) is 10.2 Å². The third-order valence-electron chi connectivity index (χ3n) is 4.70. The first kappa shape index (κ1) is 18.2. The van der Waals surface area contributed by atoms with Gasteiger partial charge in [-0.1, -0.05) is 41.9 Å². The Kier molecular flexibility index (Phi) is 4.61. The molecule has 6 heteroatoms. The lowest BCUT2D eigenvalue weighted by molar-refractivity contribution is -0.130. The van der Waals surface area contributed by atoms with Crippen LogP contribution in [0.3, 0.4) is 0 Å². The third kappa shape index (κ3) is 3.37. The summed E-state index contributed by atoms with van der Waals surface area (Å²) >= 11 is 5.98. The van der Waals surface area contributed by atoms with E-state index in [0.717, 1.165) is 11.1 Å². The molecule has 0 fully saturated rings. The first-order valence-electron chi connectivity index (χ1n) is 8.89. The molecule has 0 radical (unpaired) electrons. The predicted octanol–water partition coefficient (Wildman–Crippen LogP) is 3.72. The highest BCUT2D eigenvalue weighted by molar-refractivity contribution is 6.30. The molecule has 0 saturated carbocycles. The van der Waals surface area contributed by atoms with Crippen molar-refractivity contribution in [2.45, 2.75) is 19.0 Å². The van der Waals surface area contributed by atoms with Gasteiger partial charge in [0.1, 0.15) is 5.84 Å². The maximum Gasteiger partial charge on any atom is 0.281 e. The molecule has 2 aliphatic heterocycles. The summed E-state index contributed by atoms with van der Waals surface area (Å²) in [7, 11) is 0. The molecule has 28 heavy (non-hydrogen) atoms. The molecular weight excluding hydrogens is 374 g/mol. The van der Waals surface area contributed by atoms with Crippen LogP contribution < -0.4 is 5.32 Å². The van der Waals surface area contributed by atoms with E-state index in [-0.39, 0.29) is 18.2 Å². The van der Waals surface area contributed by atoms with Gasteiger partial charge in [-0.25, -0.2) is 4.99 Å². The Labute approximate surface area is 168 Å². The summed E-state index contributed by atoms with van der Waals surface area (Å²) in [5.41, 5.74) is 0.888. The van der Waals surface area contributed by atoms with Gasteiger partial charge in [0.15, 0.2) is 0 Å². The van der Waals surface area contributed by atoms with E-state index < -0.39 is 5.66 Å². The van der Waals surface area contributed by atoms with Crippen molar-refractivity contribution in [2.75, 3.05) is 0 Å². The van der Waals surface area contributed by atoms with Crippen molar-refractivity contribution in [2.24, 2.45) is 4.99 Å². The average molecular weight is 392 g/mol. The number of nitrogens with zero attached hydrogens (tertiary/aromatic N) is 2. The number of carbonyl (C=O) groups excluding carboxylic acids is 2. The van der Waals surface area contributed by atoms with E-state index in [4.69, 9.17) is 11.6 Å². The maximum absolute atomic E-state index is 13.3. The number of amidine groups is 1. The summed E-state index contributed by atoms with van der Waals surface area (Å²) in [4.78, 5) is 32.3. The molecule has 2 amide bonds. The Balaban J connectivity index is 1.73. The first-order chi connectivity index (χ1) is 13.5. The van der Waals surface area contributed by atoms with Crippen LogP contribution in [0.5, 0.6) is 0 Å². The zero-order valence-corrected chi connectivity index (χ0v) is 16.0. The zero-order valence-electron chi connectivity index (χ0n) is 15.2. The van der Waals surface area contributed by atoms with Crippen molar-refractivity contribution in [3.63, 3.8) is 0 Å². The van der Waals surface area contributed by atoms with Crippen LogP contribution in [-0.2, 0) is 11.2 Å². The van der Waals surface area contributed by atoms with Crippen LogP contribution in [0.4, 0.5) is 0 Å². The molecular formula is C22H18ClN3O2. The van der Waals surface area contributed by atoms with Crippen molar-refractivity contribution in [1.29, 1.82) is 0 Å². The number of allylic oxidation sites excluding steroid dienone is 2. The van der Waals surface area contributed by atoms with Gasteiger partial charge in [0.25, 0.3) is 11.8 Å². The van der Waals surface area contributed by atoms with E-state index in [2.05, 4.69) is 10.3 Å². The number of carbonyl (C=O) groups is 2. The molecule has 2 aromatic carbocycles. The summed E-state index contributed by atoms with van der Waals surface area (Å²) in [5, 5.41) is 3.48. The SMILES string of the molecule is CC1=CC2=N[C@@](Cc3ccc(Cl)cc3)(NC(=O)c3ccccc3)C(=O)N2C=C1. The average Bonchev–Trinajstić information content (AvgIpc) is 2.95. The van der Waals surface area contributed by atoms with E-state index in [1.807, 2.05) is 37.3 Å². The van der Waals surface area contributed by atoms with Gasteiger partial charge >= 0.3 is 0 Å². The van der Waals surface area contributed by atoms with Gasteiger partial charge in [0.05, 0.1) is 0 Å². The largest absolute Gasteiger partial charge is 0.320 e. The number of nitrogens with one attached hydrogen (secondary N) is 1. The molecule has 0 aliphatic carbocycles. The monoisotopic (exact) mass is 391 g/mol. The van der Waals surface area contributed by atoms with Crippen LogP contribution in [0.25, 0.3) is 0 Å². The fourth-order valence-corrected chi connectivity index (χ4v) is 3.40. The number of halogens is 1. The van der Waals surface area contributed by atoms with E-state index in [1.54, 1.807) is 42.6 Å². The minimum Gasteiger partial charge on any atom is -0.320 e. The second kappa shape index (κ2) is 7.09. The molecule has 0 bridgehead atoms. The molecule has 0 aromatic heterocycles. The third-order valence-corrected chi connectivity index (χ3v) is 4.95. The van der Waals surface area contributed by atoms with E-state index in [1.165, 1.54) is 4.90 Å². The summed E-state index contributed by atoms with van der Waals surface area (Å²) in [6.07, 6.45) is 5.58. The normalized spacial score (nSPS) is 20.5. The van der Waals surface area contributed by atoms with Crippen molar-refractivity contribution in [3.8, 4) is 0 Å². The standard InChI is InChI=1S/C22H18ClN3O2/c1-15-11-12-26-19(13-15)24-22(21(26)28,14-16-7-9-18(23)10-8-16)25-20(27)17-5-3-2-4-6-17/h2-13H,14H2,1H3,(H,25,27)/t22-/m0/s1. The minimum absolute atomic E-state index is 0.225. The van der Waals surface area contributed by atoms with Crippen LogP contribution in [0.2, 0.25) is 5.02 Å². The van der Waals surface area contributed by atoms with Crippen molar-refractivity contribution >= 4 is 29.3 Å². The first-order valence-corrected chi connectivity index (χ1v) is 9.27. The molecule has 5 nitrogen and oxygen atoms in total. The van der Waals surface area contributed by atoms with Gasteiger partial charge in [0, 0.05) is 23.2 Å². The van der Waals surface area contributed by atoms with E-state index in [0.29, 0.717) is 16.4 Å². The van der Waals surface area contributed by atoms with Gasteiger partial charge in [-0.2, -0.15) is 0 Å². The van der Waals surface area contributed by atoms with E-state index in [9.17, 15) is 9.59 Å². The van der Waals surface area contributed by atoms with Gasteiger partial charge < -0.3 is 5.32 Å². The highest BCUT2D eigenvalue weighted by Gasteiger charge is 2.49. The van der Waals surface area contributed by atoms with E-state index >= 15 is 0 Å². The summed E-state index contributed by atoms with van der Waals surface area (Å²) in [6.45, 7) is 1.93. The van der Waals surface area contributed by atoms with Gasteiger partial charge in [-0.05, 0) is 54.5 Å². The van der Waals surface area contributed by atoms with Crippen molar-refractivity contribution in [3.05, 3.63) is 94.7 Å². The van der Waals surface area contributed by atoms with Crippen LogP contribution in [0.1, 0.15) is 22.8 Å². The van der Waals surface area contributed by atoms with Gasteiger partial charge in [0.2, 0.25) is 5.66 Å².